The number of fused-ring (bicyclic) bond motifs is 1. The van der Waals surface area contributed by atoms with Crippen LogP contribution in [0.15, 0.2) is 69.0 Å². The Bertz CT molecular complexity index is 1330. The maximum atomic E-state index is 12.7. The molecular weight excluding hydrogens is 344 g/mol. The summed E-state index contributed by atoms with van der Waals surface area (Å²) >= 11 is 0. The van der Waals surface area contributed by atoms with Gasteiger partial charge in [-0.15, -0.1) is 0 Å². The van der Waals surface area contributed by atoms with E-state index < -0.39 is 16.9 Å². The second kappa shape index (κ2) is 6.21. The molecule has 0 aliphatic carbocycles. The molecule has 0 aliphatic rings. The Kier molecular flexibility index (Phi) is 3.84. The third-order valence-corrected chi connectivity index (χ3v) is 4.67. The molecule has 0 amide bonds. The highest BCUT2D eigenvalue weighted by atomic mass is 16.2. The number of benzene rings is 2. The lowest BCUT2D eigenvalue weighted by molar-refractivity contribution is -0.374. The van der Waals surface area contributed by atoms with Crippen molar-refractivity contribution in [2.24, 2.45) is 14.1 Å². The van der Waals surface area contributed by atoms with Crippen molar-refractivity contribution < 1.29 is 4.98 Å². The Morgan fingerprint density at radius 2 is 1.37 bits per heavy atom. The highest BCUT2D eigenvalue weighted by molar-refractivity contribution is 5.88. The van der Waals surface area contributed by atoms with E-state index in [0.717, 1.165) is 15.7 Å². The van der Waals surface area contributed by atoms with Crippen LogP contribution in [-0.2, 0) is 14.1 Å². The molecule has 0 bridgehead atoms. The molecule has 2 aromatic carbocycles. The lowest BCUT2D eigenvalue weighted by Gasteiger charge is -2.07. The normalized spacial score (nSPS) is 11.0. The van der Waals surface area contributed by atoms with E-state index in [0.29, 0.717) is 11.3 Å². The molecule has 2 aromatic heterocycles. The zero-order chi connectivity index (χ0) is 19.1. The fraction of sp³-hybridized carbons (Fsp3) is 0.100. The minimum atomic E-state index is -0.500. The quantitative estimate of drug-likeness (QED) is 0.579. The molecule has 0 saturated carbocycles. The van der Waals surface area contributed by atoms with Gasteiger partial charge in [0.05, 0.1) is 7.05 Å². The summed E-state index contributed by atoms with van der Waals surface area (Å²) in [5.41, 5.74) is 1.88. The molecule has 7 heteroatoms. The van der Waals surface area contributed by atoms with Gasteiger partial charge in [0.2, 0.25) is 5.65 Å². The number of aromatic amines is 2. The van der Waals surface area contributed by atoms with Gasteiger partial charge >= 0.3 is 11.4 Å². The smallest absolute Gasteiger partial charge is 0.268 e. The van der Waals surface area contributed by atoms with Gasteiger partial charge in [0.25, 0.3) is 5.56 Å². The molecule has 0 fully saturated rings. The van der Waals surface area contributed by atoms with Gasteiger partial charge in [0.1, 0.15) is 5.69 Å². The van der Waals surface area contributed by atoms with Crippen LogP contribution in [0.4, 0.5) is 0 Å². The molecule has 0 aliphatic heterocycles. The molecule has 0 atom stereocenters. The van der Waals surface area contributed by atoms with E-state index in [1.165, 1.54) is 18.7 Å². The lowest BCUT2D eigenvalue weighted by atomic mass is 10.0. The SMILES string of the molecule is Cn1c(=O)c2c(-c3ccc(-c4ccccc4)cc3)[nH]c(=O)[nH+]c2n(C)c1=O. The van der Waals surface area contributed by atoms with Crippen LogP contribution >= 0.6 is 0 Å². The number of hydrogen-bond acceptors (Lipinski definition) is 3. The third-order valence-electron chi connectivity index (χ3n) is 4.67. The van der Waals surface area contributed by atoms with Crippen molar-refractivity contribution in [3.05, 3.63) is 85.9 Å². The summed E-state index contributed by atoms with van der Waals surface area (Å²) in [6, 6.07) is 17.4. The fourth-order valence-electron chi connectivity index (χ4n) is 3.21. The summed E-state index contributed by atoms with van der Waals surface area (Å²) < 4.78 is 2.28. The van der Waals surface area contributed by atoms with Gasteiger partial charge in [0.15, 0.2) is 5.39 Å². The molecule has 4 aromatic rings. The Hall–Kier alpha value is -3.74. The van der Waals surface area contributed by atoms with E-state index in [9.17, 15) is 14.4 Å². The molecule has 7 nitrogen and oxygen atoms in total. The first kappa shape index (κ1) is 16.7. The van der Waals surface area contributed by atoms with E-state index in [4.69, 9.17) is 0 Å². The van der Waals surface area contributed by atoms with Gasteiger partial charge in [-0.1, -0.05) is 54.6 Å². The number of nitrogens with zero attached hydrogens (tertiary/aromatic N) is 2. The van der Waals surface area contributed by atoms with Crippen LogP contribution in [0.1, 0.15) is 0 Å². The van der Waals surface area contributed by atoms with Crippen LogP contribution in [0.2, 0.25) is 0 Å². The van der Waals surface area contributed by atoms with Crippen LogP contribution < -0.4 is 21.9 Å². The van der Waals surface area contributed by atoms with E-state index in [2.05, 4.69) is 9.97 Å². The summed E-state index contributed by atoms with van der Waals surface area (Å²) in [7, 11) is 2.93. The van der Waals surface area contributed by atoms with Crippen molar-refractivity contribution >= 4 is 11.0 Å². The van der Waals surface area contributed by atoms with Crippen molar-refractivity contribution in [3.63, 3.8) is 0 Å². The van der Waals surface area contributed by atoms with Gasteiger partial charge in [-0.2, -0.15) is 0 Å². The number of aryl methyl sites for hydroxylation is 1. The summed E-state index contributed by atoms with van der Waals surface area (Å²) in [4.78, 5) is 42.2. The van der Waals surface area contributed by atoms with E-state index in [1.54, 1.807) is 0 Å². The number of hydrogen-bond donors (Lipinski definition) is 1. The van der Waals surface area contributed by atoms with Crippen LogP contribution in [0.25, 0.3) is 33.4 Å². The highest BCUT2D eigenvalue weighted by Crippen LogP contribution is 2.25. The van der Waals surface area contributed by atoms with Crippen molar-refractivity contribution in [3.8, 4) is 22.4 Å². The maximum Gasteiger partial charge on any atom is 0.439 e. The Morgan fingerprint density at radius 1 is 0.778 bits per heavy atom. The average molecular weight is 361 g/mol. The van der Waals surface area contributed by atoms with Crippen molar-refractivity contribution in [2.45, 2.75) is 0 Å². The monoisotopic (exact) mass is 361 g/mol. The maximum absolute atomic E-state index is 12.7. The molecule has 2 heterocycles. The van der Waals surface area contributed by atoms with Gasteiger partial charge in [-0.25, -0.2) is 28.7 Å². The van der Waals surface area contributed by atoms with Gasteiger partial charge in [-0.3, -0.25) is 4.79 Å². The highest BCUT2D eigenvalue weighted by Gasteiger charge is 2.20. The molecule has 0 radical (unpaired) electrons. The van der Waals surface area contributed by atoms with E-state index >= 15 is 0 Å². The van der Waals surface area contributed by atoms with Crippen LogP contribution in [0.3, 0.4) is 0 Å². The average Bonchev–Trinajstić information content (AvgIpc) is 2.71. The number of nitrogens with one attached hydrogen (secondary N) is 2. The van der Waals surface area contributed by atoms with Gasteiger partial charge in [-0.05, 0) is 11.1 Å². The minimum Gasteiger partial charge on any atom is -0.268 e. The number of aromatic nitrogens is 4. The summed E-state index contributed by atoms with van der Waals surface area (Å²) in [6.45, 7) is 0. The molecule has 4 rings (SSSR count). The molecule has 27 heavy (non-hydrogen) atoms. The molecule has 0 unspecified atom stereocenters. The van der Waals surface area contributed by atoms with Crippen molar-refractivity contribution in [2.75, 3.05) is 0 Å². The standard InChI is InChI=1S/C20H16N4O3/c1-23-17-15(18(25)24(2)20(23)27)16(21-19(26)22-17)14-10-8-13(9-11-14)12-6-4-3-5-7-12/h3-11H,1-2H3,(H,21,22,26)/p+1. The van der Waals surface area contributed by atoms with Crippen LogP contribution in [-0.4, -0.2) is 14.1 Å². The minimum absolute atomic E-state index is 0.189. The largest absolute Gasteiger partial charge is 0.439 e. The Morgan fingerprint density at radius 3 is 2.04 bits per heavy atom. The number of H-pyrrole nitrogens is 2. The summed E-state index contributed by atoms with van der Waals surface area (Å²) in [6.07, 6.45) is 0. The molecule has 0 spiro atoms. The van der Waals surface area contributed by atoms with Crippen molar-refractivity contribution in [1.29, 1.82) is 0 Å². The molecular formula is C20H17N4O3+. The predicted molar refractivity (Wildman–Crippen MR) is 102 cm³/mol. The zero-order valence-corrected chi connectivity index (χ0v) is 14.8. The summed E-state index contributed by atoms with van der Waals surface area (Å²) in [5, 5.41) is 0.256. The Balaban J connectivity index is 1.98. The second-order valence-corrected chi connectivity index (χ2v) is 6.33. The van der Waals surface area contributed by atoms with Gasteiger partial charge < -0.3 is 0 Å². The predicted octanol–water partition coefficient (Wildman–Crippen LogP) is 1.07. The zero-order valence-electron chi connectivity index (χ0n) is 14.8. The van der Waals surface area contributed by atoms with Crippen LogP contribution in [0.5, 0.6) is 0 Å². The van der Waals surface area contributed by atoms with E-state index in [-0.39, 0.29) is 11.0 Å². The first-order valence-electron chi connectivity index (χ1n) is 8.38. The van der Waals surface area contributed by atoms with Crippen molar-refractivity contribution in [1.82, 2.24) is 14.1 Å². The molecule has 0 saturated heterocycles. The molecule has 2 N–H and O–H groups in total. The fourth-order valence-corrected chi connectivity index (χ4v) is 3.21. The Labute approximate surface area is 153 Å². The first-order valence-corrected chi connectivity index (χ1v) is 8.38. The van der Waals surface area contributed by atoms with Crippen LogP contribution in [0, 0.1) is 0 Å². The van der Waals surface area contributed by atoms with E-state index in [1.807, 2.05) is 54.6 Å². The third kappa shape index (κ3) is 2.69. The molecule has 134 valence electrons. The summed E-state index contributed by atoms with van der Waals surface area (Å²) in [5.74, 6) is 0. The number of rotatable bonds is 2. The topological polar surface area (TPSA) is 91.0 Å². The second-order valence-electron chi connectivity index (χ2n) is 6.33. The lowest BCUT2D eigenvalue weighted by Crippen LogP contribution is -2.43. The first-order chi connectivity index (χ1) is 13.0. The van der Waals surface area contributed by atoms with Gasteiger partial charge in [0, 0.05) is 12.6 Å².